The number of hydrogen-bond donors (Lipinski definition) is 1. The molecule has 18 heavy (non-hydrogen) atoms. The lowest BCUT2D eigenvalue weighted by Crippen LogP contribution is -2.07. The number of sulfone groups is 1. The third-order valence-electron chi connectivity index (χ3n) is 2.49. The summed E-state index contributed by atoms with van der Waals surface area (Å²) in [7, 11) is -3.24. The number of aromatic nitrogens is 3. The van der Waals surface area contributed by atoms with Gasteiger partial charge in [-0.05, 0) is 19.1 Å². The van der Waals surface area contributed by atoms with Gasteiger partial charge in [-0.25, -0.2) is 13.1 Å². The second kappa shape index (κ2) is 4.51. The van der Waals surface area contributed by atoms with Gasteiger partial charge in [-0.2, -0.15) is 5.10 Å². The minimum absolute atomic E-state index is 0.136. The van der Waals surface area contributed by atoms with Crippen molar-refractivity contribution in [3.05, 3.63) is 36.4 Å². The molecule has 0 aromatic carbocycles. The molecule has 0 aliphatic carbocycles. The molecule has 2 N–H and O–H groups in total. The second-order valence-corrected chi connectivity index (χ2v) is 6.14. The smallest absolute Gasteiger partial charge is 0.178 e. The molecule has 7 heteroatoms. The van der Waals surface area contributed by atoms with E-state index < -0.39 is 9.84 Å². The lowest BCUT2D eigenvalue weighted by Gasteiger charge is -2.05. The summed E-state index contributed by atoms with van der Waals surface area (Å²) in [6.07, 6.45) is 5.52. The Morgan fingerprint density at radius 1 is 1.33 bits per heavy atom. The molecule has 2 heterocycles. The van der Waals surface area contributed by atoms with Crippen molar-refractivity contribution >= 4 is 9.84 Å². The van der Waals surface area contributed by atoms with Gasteiger partial charge in [0.2, 0.25) is 0 Å². The number of rotatable bonds is 3. The van der Waals surface area contributed by atoms with E-state index in [1.807, 2.05) is 6.92 Å². The predicted molar refractivity (Wildman–Crippen MR) is 67.1 cm³/mol. The fourth-order valence-electron chi connectivity index (χ4n) is 1.44. The maximum Gasteiger partial charge on any atom is 0.178 e. The molecule has 2 aromatic heterocycles. The van der Waals surface area contributed by atoms with Gasteiger partial charge in [-0.15, -0.1) is 0 Å². The van der Waals surface area contributed by atoms with Crippen LogP contribution in [0.15, 0.2) is 35.6 Å². The van der Waals surface area contributed by atoms with E-state index in [1.54, 1.807) is 18.3 Å². The zero-order chi connectivity index (χ0) is 13.3. The topological polar surface area (TPSA) is 90.9 Å². The monoisotopic (exact) mass is 266 g/mol. The molecule has 0 amide bonds. The van der Waals surface area contributed by atoms with Crippen molar-refractivity contribution in [1.29, 1.82) is 0 Å². The maximum absolute atomic E-state index is 11.3. The zero-order valence-electron chi connectivity index (χ0n) is 10.1. The summed E-state index contributed by atoms with van der Waals surface area (Å²) in [5, 5.41) is 3.99. The van der Waals surface area contributed by atoms with E-state index >= 15 is 0 Å². The van der Waals surface area contributed by atoms with Gasteiger partial charge < -0.3 is 5.73 Å². The highest BCUT2D eigenvalue weighted by atomic mass is 32.2. The van der Waals surface area contributed by atoms with Crippen LogP contribution < -0.4 is 5.73 Å². The molecule has 96 valence electrons. The van der Waals surface area contributed by atoms with Crippen molar-refractivity contribution in [3.8, 4) is 5.69 Å². The van der Waals surface area contributed by atoms with Crippen LogP contribution in [0, 0.1) is 0 Å². The Hall–Kier alpha value is -1.73. The van der Waals surface area contributed by atoms with Crippen molar-refractivity contribution in [2.24, 2.45) is 5.73 Å². The predicted octanol–water partition coefficient (Wildman–Crippen LogP) is 0.691. The van der Waals surface area contributed by atoms with Crippen LogP contribution in [-0.4, -0.2) is 29.4 Å². The van der Waals surface area contributed by atoms with Crippen molar-refractivity contribution in [1.82, 2.24) is 14.8 Å². The van der Waals surface area contributed by atoms with Crippen LogP contribution in [0.1, 0.15) is 18.7 Å². The summed E-state index contributed by atoms with van der Waals surface area (Å²) >= 11 is 0. The molecule has 2 aromatic rings. The van der Waals surface area contributed by atoms with Crippen LogP contribution in [0.4, 0.5) is 0 Å². The van der Waals surface area contributed by atoms with Crippen LogP contribution in [-0.2, 0) is 9.84 Å². The average molecular weight is 266 g/mol. The van der Waals surface area contributed by atoms with Crippen LogP contribution in [0.3, 0.4) is 0 Å². The highest BCUT2D eigenvalue weighted by molar-refractivity contribution is 7.90. The van der Waals surface area contributed by atoms with Gasteiger partial charge in [-0.3, -0.25) is 4.98 Å². The molecule has 0 spiro atoms. The van der Waals surface area contributed by atoms with Crippen LogP contribution >= 0.6 is 0 Å². The minimum Gasteiger partial charge on any atom is -0.323 e. The Labute approximate surface area is 105 Å². The largest absolute Gasteiger partial charge is 0.323 e. The van der Waals surface area contributed by atoms with Crippen molar-refractivity contribution in [2.75, 3.05) is 6.26 Å². The van der Waals surface area contributed by atoms with Crippen molar-refractivity contribution in [2.45, 2.75) is 17.9 Å². The Morgan fingerprint density at radius 3 is 2.50 bits per heavy atom. The van der Waals surface area contributed by atoms with E-state index in [4.69, 9.17) is 5.73 Å². The highest BCUT2D eigenvalue weighted by Crippen LogP contribution is 2.13. The lowest BCUT2D eigenvalue weighted by atomic mass is 10.2. The van der Waals surface area contributed by atoms with Gasteiger partial charge >= 0.3 is 0 Å². The van der Waals surface area contributed by atoms with Gasteiger partial charge in [0, 0.05) is 18.5 Å². The number of hydrogen-bond acceptors (Lipinski definition) is 5. The Balaban J connectivity index is 2.35. The summed E-state index contributed by atoms with van der Waals surface area (Å²) in [5.41, 5.74) is 7.16. The average Bonchev–Trinajstić information content (AvgIpc) is 2.78. The molecular formula is C11H14N4O2S. The SMILES string of the molecule is C[C@@H](N)c1ccc(-n2cc(S(C)(=O)=O)cn2)cn1. The number of nitrogens with two attached hydrogens (primary N) is 1. The lowest BCUT2D eigenvalue weighted by molar-refractivity contribution is 0.602. The zero-order valence-corrected chi connectivity index (χ0v) is 10.9. The van der Waals surface area contributed by atoms with Gasteiger partial charge in [-0.1, -0.05) is 0 Å². The van der Waals surface area contributed by atoms with Gasteiger partial charge in [0.1, 0.15) is 4.90 Å². The molecule has 0 bridgehead atoms. The van der Waals surface area contributed by atoms with Crippen LogP contribution in [0.2, 0.25) is 0 Å². The first-order chi connectivity index (χ1) is 8.38. The number of nitrogens with zero attached hydrogens (tertiary/aromatic N) is 3. The molecule has 1 atom stereocenters. The second-order valence-electron chi connectivity index (χ2n) is 4.12. The first kappa shape index (κ1) is 12.7. The number of pyridine rings is 1. The highest BCUT2D eigenvalue weighted by Gasteiger charge is 2.11. The van der Waals surface area contributed by atoms with Crippen LogP contribution in [0.25, 0.3) is 5.69 Å². The summed E-state index contributed by atoms with van der Waals surface area (Å²) in [5.74, 6) is 0. The third-order valence-corrected chi connectivity index (χ3v) is 3.56. The molecular weight excluding hydrogens is 252 g/mol. The molecule has 6 nitrogen and oxygen atoms in total. The summed E-state index contributed by atoms with van der Waals surface area (Å²) in [6.45, 7) is 1.84. The van der Waals surface area contributed by atoms with E-state index in [9.17, 15) is 8.42 Å². The van der Waals surface area contributed by atoms with E-state index in [2.05, 4.69) is 10.1 Å². The standard InChI is InChI=1S/C11H14N4O2S/c1-8(12)11-4-3-9(5-13-11)15-7-10(6-14-15)18(2,16)17/h3-8H,12H2,1-2H3/t8-/m1/s1. The van der Waals surface area contributed by atoms with Crippen LogP contribution in [0.5, 0.6) is 0 Å². The van der Waals surface area contributed by atoms with E-state index in [0.29, 0.717) is 5.69 Å². The van der Waals surface area contributed by atoms with E-state index in [1.165, 1.54) is 17.1 Å². The first-order valence-electron chi connectivity index (χ1n) is 5.34. The molecule has 0 radical (unpaired) electrons. The molecule has 0 fully saturated rings. The first-order valence-corrected chi connectivity index (χ1v) is 7.23. The Kier molecular flexibility index (Phi) is 3.18. The van der Waals surface area contributed by atoms with Gasteiger partial charge in [0.05, 0.1) is 23.8 Å². The minimum atomic E-state index is -3.24. The molecule has 2 rings (SSSR count). The molecule has 0 unspecified atom stereocenters. The van der Waals surface area contributed by atoms with E-state index in [-0.39, 0.29) is 10.9 Å². The molecule has 0 saturated carbocycles. The van der Waals surface area contributed by atoms with Crippen molar-refractivity contribution in [3.63, 3.8) is 0 Å². The Bertz CT molecular complexity index is 644. The maximum atomic E-state index is 11.3. The van der Waals surface area contributed by atoms with Crippen molar-refractivity contribution < 1.29 is 8.42 Å². The summed E-state index contributed by atoms with van der Waals surface area (Å²) < 4.78 is 24.1. The normalized spacial score (nSPS) is 13.5. The molecule has 0 saturated heterocycles. The third kappa shape index (κ3) is 2.57. The molecule has 0 aliphatic heterocycles. The quantitative estimate of drug-likeness (QED) is 0.882. The van der Waals surface area contributed by atoms with E-state index in [0.717, 1.165) is 11.9 Å². The molecule has 0 aliphatic rings. The fraction of sp³-hybridized carbons (Fsp3) is 0.273. The fourth-order valence-corrected chi connectivity index (χ4v) is 1.97. The summed E-state index contributed by atoms with van der Waals surface area (Å²) in [6, 6.07) is 3.45. The summed E-state index contributed by atoms with van der Waals surface area (Å²) in [4.78, 5) is 4.37. The van der Waals surface area contributed by atoms with Gasteiger partial charge in [0.15, 0.2) is 9.84 Å². The van der Waals surface area contributed by atoms with Gasteiger partial charge in [0.25, 0.3) is 0 Å². The Morgan fingerprint density at radius 2 is 2.06 bits per heavy atom.